The van der Waals surface area contributed by atoms with Gasteiger partial charge in [-0.3, -0.25) is 0 Å². The van der Waals surface area contributed by atoms with E-state index in [-0.39, 0.29) is 12.1 Å². The van der Waals surface area contributed by atoms with E-state index < -0.39 is 0 Å². The molecule has 0 bridgehead atoms. The summed E-state index contributed by atoms with van der Waals surface area (Å²) in [5, 5.41) is 0. The zero-order valence-corrected chi connectivity index (χ0v) is 8.48. The molecule has 14 heavy (non-hydrogen) atoms. The maximum atomic E-state index is 6.14. The molecule has 2 aliphatic rings. The average Bonchev–Trinajstić information content (AvgIpc) is 2.30. The molecule has 4 heteroatoms. The summed E-state index contributed by atoms with van der Waals surface area (Å²) in [6.07, 6.45) is 2.34. The highest BCUT2D eigenvalue weighted by Gasteiger charge is 2.30. The molecule has 0 saturated carbocycles. The standard InChI is InChI=1S/C10H19NO3/c11-10(8-2-1-3-12-6-8)9-7-13-4-5-14-9/h8-10H,1-7,11H2. The summed E-state index contributed by atoms with van der Waals surface area (Å²) in [7, 11) is 0. The van der Waals surface area contributed by atoms with Crippen molar-refractivity contribution in [2.45, 2.75) is 25.0 Å². The third-order valence-electron chi connectivity index (χ3n) is 3.01. The summed E-state index contributed by atoms with van der Waals surface area (Å²) in [6.45, 7) is 3.67. The highest BCUT2D eigenvalue weighted by molar-refractivity contribution is 4.83. The lowest BCUT2D eigenvalue weighted by molar-refractivity contribution is -0.110. The molecule has 2 aliphatic heterocycles. The second kappa shape index (κ2) is 5.07. The summed E-state index contributed by atoms with van der Waals surface area (Å²) in [6, 6.07) is 0.0654. The normalized spacial score (nSPS) is 36.6. The Morgan fingerprint density at radius 3 is 2.57 bits per heavy atom. The first-order valence-electron chi connectivity index (χ1n) is 5.40. The van der Waals surface area contributed by atoms with Gasteiger partial charge in [-0.25, -0.2) is 0 Å². The highest BCUT2D eigenvalue weighted by atomic mass is 16.6. The van der Waals surface area contributed by atoms with Crippen molar-refractivity contribution in [2.75, 3.05) is 33.0 Å². The van der Waals surface area contributed by atoms with Gasteiger partial charge >= 0.3 is 0 Å². The van der Waals surface area contributed by atoms with E-state index in [4.69, 9.17) is 19.9 Å². The Kier molecular flexibility index (Phi) is 3.75. The summed E-state index contributed by atoms with van der Waals surface area (Å²) in [5.41, 5.74) is 6.14. The van der Waals surface area contributed by atoms with Crippen LogP contribution in [0.5, 0.6) is 0 Å². The van der Waals surface area contributed by atoms with Crippen molar-refractivity contribution in [1.82, 2.24) is 0 Å². The fraction of sp³-hybridized carbons (Fsp3) is 1.00. The third kappa shape index (κ3) is 2.45. The van der Waals surface area contributed by atoms with E-state index in [0.29, 0.717) is 25.7 Å². The van der Waals surface area contributed by atoms with Gasteiger partial charge < -0.3 is 19.9 Å². The predicted molar refractivity (Wildman–Crippen MR) is 52.1 cm³/mol. The van der Waals surface area contributed by atoms with E-state index in [9.17, 15) is 0 Å². The summed E-state index contributed by atoms with van der Waals surface area (Å²) < 4.78 is 16.4. The molecule has 82 valence electrons. The van der Waals surface area contributed by atoms with Gasteiger partial charge in [-0.1, -0.05) is 0 Å². The molecule has 2 N–H and O–H groups in total. The fourth-order valence-corrected chi connectivity index (χ4v) is 2.10. The van der Waals surface area contributed by atoms with Crippen LogP contribution in [0.25, 0.3) is 0 Å². The Morgan fingerprint density at radius 2 is 1.93 bits per heavy atom. The Labute approximate surface area is 84.7 Å². The molecule has 0 radical (unpaired) electrons. The van der Waals surface area contributed by atoms with Gasteiger partial charge in [0.25, 0.3) is 0 Å². The van der Waals surface area contributed by atoms with Crippen LogP contribution in [-0.4, -0.2) is 45.2 Å². The maximum absolute atomic E-state index is 6.14. The molecule has 3 atom stereocenters. The Bertz CT molecular complexity index is 147. The predicted octanol–water partition coefficient (Wildman–Crippen LogP) is 0.156. The van der Waals surface area contributed by atoms with Gasteiger partial charge in [0, 0.05) is 18.6 Å². The SMILES string of the molecule is NC(C1CCCOC1)C1COCCO1. The van der Waals surface area contributed by atoms with Gasteiger partial charge in [0.15, 0.2) is 0 Å². The van der Waals surface area contributed by atoms with Crippen molar-refractivity contribution in [3.8, 4) is 0 Å². The van der Waals surface area contributed by atoms with Crippen LogP contribution in [0.3, 0.4) is 0 Å². The minimum atomic E-state index is 0.0652. The number of hydrogen-bond donors (Lipinski definition) is 1. The van der Waals surface area contributed by atoms with Crippen molar-refractivity contribution in [2.24, 2.45) is 11.7 Å². The van der Waals surface area contributed by atoms with Crippen LogP contribution in [0.4, 0.5) is 0 Å². The lowest BCUT2D eigenvalue weighted by Gasteiger charge is -2.34. The molecule has 2 saturated heterocycles. The summed E-state index contributed by atoms with van der Waals surface area (Å²) in [5.74, 6) is 0.440. The number of hydrogen-bond acceptors (Lipinski definition) is 4. The molecule has 0 amide bonds. The molecular weight excluding hydrogens is 182 g/mol. The van der Waals surface area contributed by atoms with Gasteiger partial charge in [-0.2, -0.15) is 0 Å². The van der Waals surface area contributed by atoms with Crippen LogP contribution < -0.4 is 5.73 Å². The summed E-state index contributed by atoms with van der Waals surface area (Å²) >= 11 is 0. The Hall–Kier alpha value is -0.160. The topological polar surface area (TPSA) is 53.7 Å². The molecular formula is C10H19NO3. The van der Waals surface area contributed by atoms with Crippen molar-refractivity contribution < 1.29 is 14.2 Å². The van der Waals surface area contributed by atoms with E-state index in [0.717, 1.165) is 26.1 Å². The van der Waals surface area contributed by atoms with Crippen LogP contribution in [0, 0.1) is 5.92 Å². The first kappa shape index (κ1) is 10.4. The number of nitrogens with two attached hydrogens (primary N) is 1. The highest BCUT2D eigenvalue weighted by Crippen LogP contribution is 2.20. The van der Waals surface area contributed by atoms with Gasteiger partial charge in [-0.15, -0.1) is 0 Å². The summed E-state index contributed by atoms with van der Waals surface area (Å²) in [4.78, 5) is 0. The molecule has 0 aromatic heterocycles. The average molecular weight is 201 g/mol. The third-order valence-corrected chi connectivity index (χ3v) is 3.01. The minimum absolute atomic E-state index is 0.0652. The minimum Gasteiger partial charge on any atom is -0.381 e. The number of rotatable bonds is 2. The molecule has 4 nitrogen and oxygen atoms in total. The monoisotopic (exact) mass is 201 g/mol. The van der Waals surface area contributed by atoms with E-state index in [2.05, 4.69) is 0 Å². The maximum Gasteiger partial charge on any atom is 0.0963 e. The van der Waals surface area contributed by atoms with Gasteiger partial charge in [0.2, 0.25) is 0 Å². The number of ether oxygens (including phenoxy) is 3. The first-order valence-corrected chi connectivity index (χ1v) is 5.40. The van der Waals surface area contributed by atoms with E-state index >= 15 is 0 Å². The fourth-order valence-electron chi connectivity index (χ4n) is 2.10. The van der Waals surface area contributed by atoms with Crippen molar-refractivity contribution in [3.05, 3.63) is 0 Å². The van der Waals surface area contributed by atoms with Gasteiger partial charge in [-0.05, 0) is 12.8 Å². The molecule has 2 rings (SSSR count). The Balaban J connectivity index is 1.82. The molecule has 2 heterocycles. The second-order valence-corrected chi connectivity index (χ2v) is 4.04. The van der Waals surface area contributed by atoms with Crippen LogP contribution in [0.1, 0.15) is 12.8 Å². The van der Waals surface area contributed by atoms with Gasteiger partial charge in [0.05, 0.1) is 32.5 Å². The van der Waals surface area contributed by atoms with Crippen LogP contribution in [0.15, 0.2) is 0 Å². The van der Waals surface area contributed by atoms with Crippen molar-refractivity contribution in [1.29, 1.82) is 0 Å². The quantitative estimate of drug-likeness (QED) is 0.691. The van der Waals surface area contributed by atoms with Crippen LogP contribution in [0.2, 0.25) is 0 Å². The zero-order valence-electron chi connectivity index (χ0n) is 8.48. The first-order chi connectivity index (χ1) is 6.88. The second-order valence-electron chi connectivity index (χ2n) is 4.04. The molecule has 3 unspecified atom stereocenters. The van der Waals surface area contributed by atoms with Crippen molar-refractivity contribution in [3.63, 3.8) is 0 Å². The lowest BCUT2D eigenvalue weighted by Crippen LogP contribution is -2.49. The van der Waals surface area contributed by atoms with Crippen LogP contribution in [-0.2, 0) is 14.2 Å². The smallest absolute Gasteiger partial charge is 0.0963 e. The molecule has 0 aromatic rings. The largest absolute Gasteiger partial charge is 0.381 e. The molecule has 0 aliphatic carbocycles. The Morgan fingerprint density at radius 1 is 1.07 bits per heavy atom. The van der Waals surface area contributed by atoms with E-state index in [1.807, 2.05) is 0 Å². The molecule has 2 fully saturated rings. The van der Waals surface area contributed by atoms with E-state index in [1.165, 1.54) is 0 Å². The van der Waals surface area contributed by atoms with Gasteiger partial charge in [0.1, 0.15) is 0 Å². The lowest BCUT2D eigenvalue weighted by atomic mass is 9.91. The zero-order chi connectivity index (χ0) is 9.80. The molecule has 0 aromatic carbocycles. The van der Waals surface area contributed by atoms with Crippen molar-refractivity contribution >= 4 is 0 Å². The van der Waals surface area contributed by atoms with E-state index in [1.54, 1.807) is 0 Å². The molecule has 0 spiro atoms. The van der Waals surface area contributed by atoms with Crippen LogP contribution >= 0.6 is 0 Å².